The summed E-state index contributed by atoms with van der Waals surface area (Å²) in [6, 6.07) is 5.75. The van der Waals surface area contributed by atoms with Gasteiger partial charge in [-0.25, -0.2) is 0 Å². The van der Waals surface area contributed by atoms with Crippen LogP contribution in [0.3, 0.4) is 0 Å². The highest BCUT2D eigenvalue weighted by Gasteiger charge is 2.00. The number of aryl methyl sites for hydroxylation is 1. The molecule has 0 fully saturated rings. The smallest absolute Gasteiger partial charge is 0.123 e. The second-order valence-electron chi connectivity index (χ2n) is 2.94. The standard InChI is InChI=1S/C11H16O3/c1-3-9-6-10(13-2)8-11(7-9)14-5-4-12/h6-8,12H,3-5H2,1-2H3. The maximum Gasteiger partial charge on any atom is 0.123 e. The molecule has 78 valence electrons. The van der Waals surface area contributed by atoms with Gasteiger partial charge in [0.25, 0.3) is 0 Å². The van der Waals surface area contributed by atoms with Crippen molar-refractivity contribution in [1.82, 2.24) is 0 Å². The predicted molar refractivity (Wildman–Crippen MR) is 55.0 cm³/mol. The van der Waals surface area contributed by atoms with Gasteiger partial charge in [-0.1, -0.05) is 6.92 Å². The fraction of sp³-hybridized carbons (Fsp3) is 0.455. The summed E-state index contributed by atoms with van der Waals surface area (Å²) in [6.45, 7) is 2.42. The van der Waals surface area contributed by atoms with Crippen molar-refractivity contribution in [3.05, 3.63) is 23.8 Å². The SMILES string of the molecule is CCc1cc(OC)cc(OCCO)c1. The van der Waals surface area contributed by atoms with Gasteiger partial charge in [0, 0.05) is 6.07 Å². The molecule has 3 nitrogen and oxygen atoms in total. The Hall–Kier alpha value is -1.22. The number of methoxy groups -OCH3 is 1. The second kappa shape index (κ2) is 5.50. The van der Waals surface area contributed by atoms with E-state index in [1.807, 2.05) is 18.2 Å². The van der Waals surface area contributed by atoms with Gasteiger partial charge in [0.1, 0.15) is 18.1 Å². The van der Waals surface area contributed by atoms with Gasteiger partial charge in [0.15, 0.2) is 0 Å². The van der Waals surface area contributed by atoms with Crippen LogP contribution in [0.2, 0.25) is 0 Å². The van der Waals surface area contributed by atoms with Crippen LogP contribution in [0.5, 0.6) is 11.5 Å². The number of hydrogen-bond donors (Lipinski definition) is 1. The summed E-state index contributed by atoms with van der Waals surface area (Å²) in [7, 11) is 1.63. The van der Waals surface area contributed by atoms with Crippen molar-refractivity contribution < 1.29 is 14.6 Å². The molecule has 0 bridgehead atoms. The minimum absolute atomic E-state index is 0.0265. The third kappa shape index (κ3) is 2.92. The summed E-state index contributed by atoms with van der Waals surface area (Å²) in [5.74, 6) is 1.53. The molecule has 0 spiro atoms. The molecule has 0 aromatic heterocycles. The van der Waals surface area contributed by atoms with E-state index in [1.165, 1.54) is 0 Å². The first-order valence-corrected chi connectivity index (χ1v) is 4.71. The van der Waals surface area contributed by atoms with Gasteiger partial charge in [0.05, 0.1) is 13.7 Å². The highest BCUT2D eigenvalue weighted by Crippen LogP contribution is 2.22. The first kappa shape index (κ1) is 10.9. The molecule has 0 aliphatic carbocycles. The topological polar surface area (TPSA) is 38.7 Å². The van der Waals surface area contributed by atoms with E-state index in [-0.39, 0.29) is 6.61 Å². The number of ether oxygens (including phenoxy) is 2. The van der Waals surface area contributed by atoms with Crippen LogP contribution in [0.1, 0.15) is 12.5 Å². The van der Waals surface area contributed by atoms with Crippen molar-refractivity contribution in [2.75, 3.05) is 20.3 Å². The van der Waals surface area contributed by atoms with Crippen molar-refractivity contribution in [3.8, 4) is 11.5 Å². The fourth-order valence-electron chi connectivity index (χ4n) is 1.20. The summed E-state index contributed by atoms with van der Waals surface area (Å²) < 4.78 is 10.4. The first-order valence-electron chi connectivity index (χ1n) is 4.71. The Labute approximate surface area is 84.3 Å². The van der Waals surface area contributed by atoms with Gasteiger partial charge >= 0.3 is 0 Å². The van der Waals surface area contributed by atoms with E-state index in [0.29, 0.717) is 6.61 Å². The molecular weight excluding hydrogens is 180 g/mol. The largest absolute Gasteiger partial charge is 0.497 e. The Bertz CT molecular complexity index is 262. The number of rotatable bonds is 5. The molecule has 0 saturated heterocycles. The number of hydrogen-bond acceptors (Lipinski definition) is 3. The van der Waals surface area contributed by atoms with E-state index in [2.05, 4.69) is 6.92 Å². The van der Waals surface area contributed by atoms with Crippen LogP contribution in [0, 0.1) is 0 Å². The van der Waals surface area contributed by atoms with E-state index < -0.39 is 0 Å². The molecule has 1 aromatic carbocycles. The maximum absolute atomic E-state index is 8.62. The van der Waals surface area contributed by atoms with Crippen molar-refractivity contribution in [2.24, 2.45) is 0 Å². The van der Waals surface area contributed by atoms with Gasteiger partial charge in [-0.2, -0.15) is 0 Å². The predicted octanol–water partition coefficient (Wildman–Crippen LogP) is 1.63. The molecule has 0 heterocycles. The van der Waals surface area contributed by atoms with E-state index in [0.717, 1.165) is 23.5 Å². The molecule has 0 saturated carbocycles. The van der Waals surface area contributed by atoms with Gasteiger partial charge < -0.3 is 14.6 Å². The van der Waals surface area contributed by atoms with Crippen molar-refractivity contribution in [1.29, 1.82) is 0 Å². The van der Waals surface area contributed by atoms with Gasteiger partial charge in [-0.05, 0) is 24.1 Å². The molecule has 1 N–H and O–H groups in total. The van der Waals surface area contributed by atoms with E-state index in [1.54, 1.807) is 7.11 Å². The Morgan fingerprint density at radius 1 is 1.21 bits per heavy atom. The highest BCUT2D eigenvalue weighted by atomic mass is 16.5. The molecule has 1 rings (SSSR count). The number of benzene rings is 1. The lowest BCUT2D eigenvalue weighted by Crippen LogP contribution is -2.02. The third-order valence-electron chi connectivity index (χ3n) is 1.94. The zero-order valence-electron chi connectivity index (χ0n) is 8.62. The third-order valence-corrected chi connectivity index (χ3v) is 1.94. The normalized spacial score (nSPS) is 9.93. The fourth-order valence-corrected chi connectivity index (χ4v) is 1.20. The van der Waals surface area contributed by atoms with E-state index >= 15 is 0 Å². The number of aliphatic hydroxyl groups excluding tert-OH is 1. The lowest BCUT2D eigenvalue weighted by atomic mass is 10.1. The molecule has 3 heteroatoms. The van der Waals surface area contributed by atoms with Crippen LogP contribution in [0.4, 0.5) is 0 Å². The van der Waals surface area contributed by atoms with E-state index in [9.17, 15) is 0 Å². The molecule has 1 aromatic rings. The Morgan fingerprint density at radius 3 is 2.50 bits per heavy atom. The zero-order chi connectivity index (χ0) is 10.4. The van der Waals surface area contributed by atoms with E-state index in [4.69, 9.17) is 14.6 Å². The average Bonchev–Trinajstić information content (AvgIpc) is 2.25. The van der Waals surface area contributed by atoms with Crippen LogP contribution in [0.15, 0.2) is 18.2 Å². The van der Waals surface area contributed by atoms with Gasteiger partial charge in [-0.3, -0.25) is 0 Å². The molecule has 14 heavy (non-hydrogen) atoms. The van der Waals surface area contributed by atoms with Gasteiger partial charge in [-0.15, -0.1) is 0 Å². The summed E-state index contributed by atoms with van der Waals surface area (Å²) in [4.78, 5) is 0. The van der Waals surface area contributed by atoms with Crippen LogP contribution >= 0.6 is 0 Å². The highest BCUT2D eigenvalue weighted by molar-refractivity contribution is 5.38. The Kier molecular flexibility index (Phi) is 4.26. The van der Waals surface area contributed by atoms with Crippen molar-refractivity contribution in [2.45, 2.75) is 13.3 Å². The monoisotopic (exact) mass is 196 g/mol. The lowest BCUT2D eigenvalue weighted by molar-refractivity contribution is 0.201. The summed E-state index contributed by atoms with van der Waals surface area (Å²) >= 11 is 0. The summed E-state index contributed by atoms with van der Waals surface area (Å²) in [5, 5.41) is 8.62. The Balaban J connectivity index is 2.81. The van der Waals surface area contributed by atoms with Gasteiger partial charge in [0.2, 0.25) is 0 Å². The Morgan fingerprint density at radius 2 is 1.93 bits per heavy atom. The van der Waals surface area contributed by atoms with Crippen LogP contribution in [-0.2, 0) is 6.42 Å². The zero-order valence-corrected chi connectivity index (χ0v) is 8.62. The van der Waals surface area contributed by atoms with Crippen LogP contribution in [0.25, 0.3) is 0 Å². The quantitative estimate of drug-likeness (QED) is 0.777. The molecule has 0 amide bonds. The van der Waals surface area contributed by atoms with Crippen LogP contribution < -0.4 is 9.47 Å². The lowest BCUT2D eigenvalue weighted by Gasteiger charge is -2.08. The minimum Gasteiger partial charge on any atom is -0.497 e. The molecule has 0 unspecified atom stereocenters. The molecule has 0 aliphatic heterocycles. The molecule has 0 radical (unpaired) electrons. The average molecular weight is 196 g/mol. The second-order valence-corrected chi connectivity index (χ2v) is 2.94. The molecule has 0 aliphatic rings. The summed E-state index contributed by atoms with van der Waals surface area (Å²) in [5.41, 5.74) is 1.16. The first-order chi connectivity index (χ1) is 6.80. The van der Waals surface area contributed by atoms with Crippen LogP contribution in [-0.4, -0.2) is 25.4 Å². The van der Waals surface area contributed by atoms with Crippen molar-refractivity contribution >= 4 is 0 Å². The minimum atomic E-state index is 0.0265. The molecular formula is C11H16O3. The summed E-state index contributed by atoms with van der Waals surface area (Å²) in [6.07, 6.45) is 0.937. The van der Waals surface area contributed by atoms with Crippen molar-refractivity contribution in [3.63, 3.8) is 0 Å². The maximum atomic E-state index is 8.62. The molecule has 0 atom stereocenters. The number of aliphatic hydroxyl groups is 1.